The predicted molar refractivity (Wildman–Crippen MR) is 133 cm³/mol. The highest BCUT2D eigenvalue weighted by Crippen LogP contribution is 2.89. The minimum absolute atomic E-state index is 0.130. The smallest absolute Gasteiger partial charge is 0.135 e. The van der Waals surface area contributed by atoms with Crippen molar-refractivity contribution in [2.45, 2.75) is 118 Å². The Kier molecular flexibility index (Phi) is 5.55. The summed E-state index contributed by atoms with van der Waals surface area (Å²) < 4.78 is 0. The average Bonchev–Trinajstić information content (AvgIpc) is 3.37. The van der Waals surface area contributed by atoms with Crippen molar-refractivity contribution in [3.05, 3.63) is 0 Å². The van der Waals surface area contributed by atoms with E-state index < -0.39 is 0 Å². The van der Waals surface area contributed by atoms with Crippen molar-refractivity contribution in [1.29, 1.82) is 0 Å². The number of aliphatic hydroxyl groups is 2. The van der Waals surface area contributed by atoms with Crippen LogP contribution >= 0.6 is 0 Å². The van der Waals surface area contributed by atoms with Crippen LogP contribution in [0.5, 0.6) is 0 Å². The zero-order valence-corrected chi connectivity index (χ0v) is 22.3. The number of Topliss-reactive ketones (excluding diaryl/α,β-unsaturated/α-hetero) is 1. The molecule has 3 heteroatoms. The van der Waals surface area contributed by atoms with Gasteiger partial charge in [0.15, 0.2) is 0 Å². The summed E-state index contributed by atoms with van der Waals surface area (Å²) in [6.07, 6.45) is 12.7. The SMILES string of the molecule is CC(C)C(=O)CC[C@@H](C)[C@@H]1CC[C@@]2(C)[C@@H]3CC[C@@H]4[C@](C)(CO)[C@@H](O)CC[C@@]45C[C@@]35CC[C@]12C. The van der Waals surface area contributed by atoms with Gasteiger partial charge in [0.2, 0.25) is 0 Å². The number of rotatable bonds is 6. The monoisotopic (exact) mass is 458 g/mol. The fourth-order valence-corrected chi connectivity index (χ4v) is 11.2. The maximum atomic E-state index is 12.3. The molecule has 2 spiro atoms. The minimum Gasteiger partial charge on any atom is -0.396 e. The van der Waals surface area contributed by atoms with E-state index in [4.69, 9.17) is 0 Å². The van der Waals surface area contributed by atoms with E-state index in [0.717, 1.165) is 31.1 Å². The van der Waals surface area contributed by atoms with Gasteiger partial charge in [0.05, 0.1) is 12.7 Å². The second-order valence-corrected chi connectivity index (χ2v) is 14.5. The molecule has 5 aliphatic carbocycles. The molecular formula is C30H50O3. The van der Waals surface area contributed by atoms with E-state index in [1.807, 2.05) is 13.8 Å². The predicted octanol–water partition coefficient (Wildman–Crippen LogP) is 6.40. The maximum Gasteiger partial charge on any atom is 0.135 e. The Morgan fingerprint density at radius 3 is 2.21 bits per heavy atom. The molecule has 5 rings (SSSR count). The van der Waals surface area contributed by atoms with Crippen molar-refractivity contribution in [2.75, 3.05) is 6.61 Å². The zero-order chi connectivity index (χ0) is 24.0. The third-order valence-electron chi connectivity index (χ3n) is 13.5. The summed E-state index contributed by atoms with van der Waals surface area (Å²) >= 11 is 0. The van der Waals surface area contributed by atoms with Crippen molar-refractivity contribution < 1.29 is 15.0 Å². The molecule has 0 aromatic heterocycles. The fraction of sp³-hybridized carbons (Fsp3) is 0.967. The van der Waals surface area contributed by atoms with Gasteiger partial charge < -0.3 is 10.2 Å². The van der Waals surface area contributed by atoms with Crippen molar-refractivity contribution in [3.8, 4) is 0 Å². The van der Waals surface area contributed by atoms with Gasteiger partial charge in [-0.05, 0) is 110 Å². The second kappa shape index (κ2) is 7.55. The molecule has 0 bridgehead atoms. The first kappa shape index (κ1) is 24.3. The molecule has 3 nitrogen and oxygen atoms in total. The van der Waals surface area contributed by atoms with E-state index >= 15 is 0 Å². The number of carbonyl (C=O) groups is 1. The lowest BCUT2D eigenvalue weighted by molar-refractivity contribution is -0.174. The molecule has 0 aromatic rings. The lowest BCUT2D eigenvalue weighted by Crippen LogP contribution is -2.59. The van der Waals surface area contributed by atoms with Gasteiger partial charge in [-0.25, -0.2) is 0 Å². The molecule has 0 saturated heterocycles. The molecular weight excluding hydrogens is 408 g/mol. The van der Waals surface area contributed by atoms with Gasteiger partial charge in [-0.3, -0.25) is 4.79 Å². The molecule has 0 aromatic carbocycles. The first-order valence-corrected chi connectivity index (χ1v) is 14.2. The number of fused-ring (bicyclic) bond motifs is 2. The molecule has 188 valence electrons. The Balaban J connectivity index is 1.39. The summed E-state index contributed by atoms with van der Waals surface area (Å²) in [4.78, 5) is 12.3. The Morgan fingerprint density at radius 1 is 0.879 bits per heavy atom. The largest absolute Gasteiger partial charge is 0.396 e. The molecule has 0 amide bonds. The molecule has 5 fully saturated rings. The highest BCUT2D eigenvalue weighted by molar-refractivity contribution is 5.80. The summed E-state index contributed by atoms with van der Waals surface area (Å²) in [7, 11) is 0. The second-order valence-electron chi connectivity index (χ2n) is 14.5. The Hall–Kier alpha value is -0.410. The topological polar surface area (TPSA) is 57.5 Å². The third kappa shape index (κ3) is 2.90. The van der Waals surface area contributed by atoms with E-state index in [0.29, 0.717) is 39.3 Å². The van der Waals surface area contributed by atoms with Crippen LogP contribution in [0.3, 0.4) is 0 Å². The lowest BCUT2D eigenvalue weighted by Gasteiger charge is -2.63. The number of carbonyl (C=O) groups excluding carboxylic acids is 1. The summed E-state index contributed by atoms with van der Waals surface area (Å²) in [5.41, 5.74) is 1.31. The van der Waals surface area contributed by atoms with Crippen molar-refractivity contribution in [1.82, 2.24) is 0 Å². The molecule has 2 N–H and O–H groups in total. The van der Waals surface area contributed by atoms with Gasteiger partial charge in [-0.15, -0.1) is 0 Å². The number of aliphatic hydroxyl groups excluding tert-OH is 2. The van der Waals surface area contributed by atoms with Crippen molar-refractivity contribution in [3.63, 3.8) is 0 Å². The molecule has 33 heavy (non-hydrogen) atoms. The third-order valence-corrected chi connectivity index (χ3v) is 13.5. The summed E-state index contributed by atoms with van der Waals surface area (Å²) in [6.45, 7) is 14.1. The molecule has 0 heterocycles. The first-order chi connectivity index (χ1) is 15.4. The van der Waals surface area contributed by atoms with Crippen LogP contribution in [0.15, 0.2) is 0 Å². The quantitative estimate of drug-likeness (QED) is 0.484. The molecule has 5 saturated carbocycles. The van der Waals surface area contributed by atoms with Crippen LogP contribution in [0.4, 0.5) is 0 Å². The molecule has 0 aliphatic heterocycles. The molecule has 0 unspecified atom stereocenters. The first-order valence-electron chi connectivity index (χ1n) is 14.2. The van der Waals surface area contributed by atoms with Crippen LogP contribution in [-0.4, -0.2) is 28.7 Å². The van der Waals surface area contributed by atoms with Crippen LogP contribution in [0.25, 0.3) is 0 Å². The van der Waals surface area contributed by atoms with E-state index in [1.165, 1.54) is 51.4 Å². The maximum absolute atomic E-state index is 12.3. The minimum atomic E-state index is -0.345. The molecule has 0 radical (unpaired) electrons. The summed E-state index contributed by atoms with van der Waals surface area (Å²) in [5, 5.41) is 21.2. The van der Waals surface area contributed by atoms with Crippen LogP contribution < -0.4 is 0 Å². The Bertz CT molecular complexity index is 806. The van der Waals surface area contributed by atoms with E-state index in [2.05, 4.69) is 27.7 Å². The van der Waals surface area contributed by atoms with Crippen LogP contribution in [0.1, 0.15) is 112 Å². The number of ketones is 1. The van der Waals surface area contributed by atoms with Crippen LogP contribution in [0, 0.1) is 56.7 Å². The van der Waals surface area contributed by atoms with E-state index in [9.17, 15) is 15.0 Å². The van der Waals surface area contributed by atoms with Crippen LogP contribution in [0.2, 0.25) is 0 Å². The Labute approximate surface area is 202 Å². The zero-order valence-electron chi connectivity index (χ0n) is 22.3. The van der Waals surface area contributed by atoms with Crippen LogP contribution in [-0.2, 0) is 4.79 Å². The molecule has 10 atom stereocenters. The Morgan fingerprint density at radius 2 is 1.55 bits per heavy atom. The summed E-state index contributed by atoms with van der Waals surface area (Å²) in [5.74, 6) is 3.24. The van der Waals surface area contributed by atoms with Crippen molar-refractivity contribution >= 4 is 5.78 Å². The number of hydrogen-bond donors (Lipinski definition) is 2. The van der Waals surface area contributed by atoms with E-state index in [1.54, 1.807) is 0 Å². The van der Waals surface area contributed by atoms with Gasteiger partial charge in [0, 0.05) is 17.8 Å². The van der Waals surface area contributed by atoms with Gasteiger partial charge in [0.25, 0.3) is 0 Å². The highest BCUT2D eigenvalue weighted by Gasteiger charge is 2.82. The lowest BCUT2D eigenvalue weighted by atomic mass is 9.41. The van der Waals surface area contributed by atoms with Crippen molar-refractivity contribution in [2.24, 2.45) is 56.7 Å². The normalized spacial score (nSPS) is 53.6. The molecule has 5 aliphatic rings. The number of hydrogen-bond acceptors (Lipinski definition) is 3. The average molecular weight is 459 g/mol. The fourth-order valence-electron chi connectivity index (χ4n) is 11.2. The standard InChI is InChI=1S/C30H50O3/c1-19(2)22(32)8-7-20(3)21-11-13-28(6)24-10-9-23-26(4,18-31)25(33)12-14-29(23)17-30(24,29)16-15-27(21,28)5/h19-21,23-25,31,33H,7-18H2,1-6H3/t20-,21+,23-,24+,25+,26+,27-,28+,29-,30+/m1/s1. The van der Waals surface area contributed by atoms with Gasteiger partial charge in [-0.1, -0.05) is 41.5 Å². The van der Waals surface area contributed by atoms with E-state index in [-0.39, 0.29) is 24.0 Å². The van der Waals surface area contributed by atoms with Gasteiger partial charge in [0.1, 0.15) is 5.78 Å². The highest BCUT2D eigenvalue weighted by atomic mass is 16.3. The summed E-state index contributed by atoms with van der Waals surface area (Å²) in [6, 6.07) is 0. The van der Waals surface area contributed by atoms with Gasteiger partial charge in [-0.2, -0.15) is 0 Å². The van der Waals surface area contributed by atoms with Gasteiger partial charge >= 0.3 is 0 Å².